The van der Waals surface area contributed by atoms with Crippen molar-refractivity contribution in [1.29, 1.82) is 0 Å². The normalized spacial score (nSPS) is 24.6. The fraction of sp³-hybridized carbons (Fsp3) is 0.538. The highest BCUT2D eigenvalue weighted by Gasteiger charge is 2.22. The minimum absolute atomic E-state index is 0.0343. The molecular weight excluding hydrogens is 271 g/mol. The van der Waals surface area contributed by atoms with E-state index < -0.39 is 0 Å². The molecule has 0 spiro atoms. The Kier molecular flexibility index (Phi) is 4.60. The molecule has 1 saturated carbocycles. The molecule has 0 aliphatic heterocycles. The van der Waals surface area contributed by atoms with Gasteiger partial charge in [0.05, 0.1) is 33.6 Å². The number of anilines is 2. The number of aliphatic hydroxyl groups is 1. The van der Waals surface area contributed by atoms with Gasteiger partial charge in [-0.2, -0.15) is 0 Å². The first-order valence-electron chi connectivity index (χ1n) is 6.27. The highest BCUT2D eigenvalue weighted by Crippen LogP contribution is 2.32. The maximum absolute atomic E-state index is 10.1. The molecule has 1 aromatic carbocycles. The van der Waals surface area contributed by atoms with Crippen LogP contribution in [0.25, 0.3) is 0 Å². The fourth-order valence-electron chi connectivity index (χ4n) is 2.34. The van der Waals surface area contributed by atoms with Crippen molar-refractivity contribution < 1.29 is 5.11 Å². The van der Waals surface area contributed by atoms with Gasteiger partial charge in [0.1, 0.15) is 0 Å². The standard InChI is InChI=1S/C13H18Cl2N2O/c14-8-6-10(16)12(7-9(8)15)17-11-4-2-1-3-5-13(11)18/h6-7,11,13,17-18H,1-5,16H2. The second-order valence-electron chi connectivity index (χ2n) is 4.81. The second kappa shape index (κ2) is 6.00. The third kappa shape index (κ3) is 3.22. The van der Waals surface area contributed by atoms with Gasteiger partial charge in [-0.3, -0.25) is 0 Å². The van der Waals surface area contributed by atoms with Gasteiger partial charge in [0.25, 0.3) is 0 Å². The minimum Gasteiger partial charge on any atom is -0.397 e. The monoisotopic (exact) mass is 288 g/mol. The summed E-state index contributed by atoms with van der Waals surface area (Å²) in [5, 5.41) is 14.3. The van der Waals surface area contributed by atoms with E-state index in [1.165, 1.54) is 6.42 Å². The molecule has 0 saturated heterocycles. The molecule has 1 fully saturated rings. The predicted molar refractivity (Wildman–Crippen MR) is 77.4 cm³/mol. The molecule has 1 aromatic rings. The van der Waals surface area contributed by atoms with Crippen molar-refractivity contribution in [2.75, 3.05) is 11.1 Å². The molecule has 100 valence electrons. The Bertz CT molecular complexity index is 426. The predicted octanol–water partition coefficient (Wildman–Crippen LogP) is 3.68. The minimum atomic E-state index is -0.332. The number of nitrogen functional groups attached to an aromatic ring is 1. The molecule has 3 nitrogen and oxygen atoms in total. The first-order chi connectivity index (χ1) is 8.58. The summed E-state index contributed by atoms with van der Waals surface area (Å²) in [5.74, 6) is 0. The number of nitrogens with one attached hydrogen (secondary N) is 1. The smallest absolute Gasteiger partial charge is 0.0741 e. The van der Waals surface area contributed by atoms with Crippen LogP contribution in [-0.2, 0) is 0 Å². The van der Waals surface area contributed by atoms with E-state index in [1.54, 1.807) is 12.1 Å². The topological polar surface area (TPSA) is 58.3 Å². The molecule has 4 N–H and O–H groups in total. The number of benzene rings is 1. The van der Waals surface area contributed by atoms with Crippen LogP contribution < -0.4 is 11.1 Å². The molecule has 1 aliphatic rings. The van der Waals surface area contributed by atoms with Crippen molar-refractivity contribution >= 4 is 34.6 Å². The van der Waals surface area contributed by atoms with E-state index in [0.29, 0.717) is 15.7 Å². The molecular formula is C13H18Cl2N2O. The van der Waals surface area contributed by atoms with E-state index >= 15 is 0 Å². The van der Waals surface area contributed by atoms with Crippen LogP contribution in [0.5, 0.6) is 0 Å². The van der Waals surface area contributed by atoms with Gasteiger partial charge in [-0.15, -0.1) is 0 Å². The summed E-state index contributed by atoms with van der Waals surface area (Å²) in [7, 11) is 0. The summed E-state index contributed by atoms with van der Waals surface area (Å²) in [5.41, 5.74) is 7.21. The summed E-state index contributed by atoms with van der Waals surface area (Å²) in [6.45, 7) is 0. The van der Waals surface area contributed by atoms with Crippen molar-refractivity contribution in [2.24, 2.45) is 0 Å². The number of hydrogen-bond acceptors (Lipinski definition) is 3. The average molecular weight is 289 g/mol. The number of aliphatic hydroxyl groups excluding tert-OH is 1. The molecule has 0 bridgehead atoms. The Hall–Kier alpha value is -0.640. The largest absolute Gasteiger partial charge is 0.397 e. The number of halogens is 2. The van der Waals surface area contributed by atoms with E-state index in [9.17, 15) is 5.11 Å². The molecule has 0 amide bonds. The summed E-state index contributed by atoms with van der Waals surface area (Å²) >= 11 is 11.9. The molecule has 2 atom stereocenters. The Labute approximate surface area is 117 Å². The molecule has 0 radical (unpaired) electrons. The van der Waals surface area contributed by atoms with Gasteiger partial charge in [0, 0.05) is 0 Å². The van der Waals surface area contributed by atoms with Crippen molar-refractivity contribution in [1.82, 2.24) is 0 Å². The van der Waals surface area contributed by atoms with Crippen LogP contribution in [0.2, 0.25) is 10.0 Å². The third-order valence-electron chi connectivity index (χ3n) is 3.41. The third-order valence-corrected chi connectivity index (χ3v) is 4.13. The molecule has 0 heterocycles. The summed E-state index contributed by atoms with van der Waals surface area (Å²) < 4.78 is 0. The average Bonchev–Trinajstić information content (AvgIpc) is 2.52. The first kappa shape index (κ1) is 13.8. The number of nitrogens with two attached hydrogens (primary N) is 1. The van der Waals surface area contributed by atoms with Gasteiger partial charge in [0.15, 0.2) is 0 Å². The van der Waals surface area contributed by atoms with E-state index in [2.05, 4.69) is 5.32 Å². The molecule has 0 aromatic heterocycles. The highest BCUT2D eigenvalue weighted by atomic mass is 35.5. The zero-order valence-corrected chi connectivity index (χ0v) is 11.6. The SMILES string of the molecule is Nc1cc(Cl)c(Cl)cc1NC1CCCCCC1O. The van der Waals surface area contributed by atoms with Gasteiger partial charge in [-0.1, -0.05) is 42.5 Å². The first-order valence-corrected chi connectivity index (χ1v) is 7.02. The second-order valence-corrected chi connectivity index (χ2v) is 5.62. The Morgan fingerprint density at radius 1 is 1.11 bits per heavy atom. The van der Waals surface area contributed by atoms with Crippen molar-refractivity contribution in [2.45, 2.75) is 44.2 Å². The van der Waals surface area contributed by atoms with Crippen LogP contribution in [0, 0.1) is 0 Å². The quantitative estimate of drug-likeness (QED) is 0.575. The van der Waals surface area contributed by atoms with Gasteiger partial charge >= 0.3 is 0 Å². The summed E-state index contributed by atoms with van der Waals surface area (Å²) in [6.07, 6.45) is 4.82. The van der Waals surface area contributed by atoms with E-state index in [0.717, 1.165) is 31.4 Å². The molecule has 5 heteroatoms. The number of hydrogen-bond donors (Lipinski definition) is 3. The van der Waals surface area contributed by atoms with Crippen molar-refractivity contribution in [3.63, 3.8) is 0 Å². The lowest BCUT2D eigenvalue weighted by Crippen LogP contribution is -2.32. The van der Waals surface area contributed by atoms with Crippen LogP contribution in [-0.4, -0.2) is 17.3 Å². The van der Waals surface area contributed by atoms with Gasteiger partial charge < -0.3 is 16.2 Å². The Morgan fingerprint density at radius 3 is 2.56 bits per heavy atom. The van der Waals surface area contributed by atoms with E-state index in [4.69, 9.17) is 28.9 Å². The van der Waals surface area contributed by atoms with Crippen molar-refractivity contribution in [3.8, 4) is 0 Å². The lowest BCUT2D eigenvalue weighted by Gasteiger charge is -2.24. The van der Waals surface area contributed by atoms with Crippen LogP contribution in [0.1, 0.15) is 32.1 Å². The molecule has 2 unspecified atom stereocenters. The summed E-state index contributed by atoms with van der Waals surface area (Å²) in [6, 6.07) is 3.39. The fourth-order valence-corrected chi connectivity index (χ4v) is 2.68. The highest BCUT2D eigenvalue weighted by molar-refractivity contribution is 6.42. The maximum Gasteiger partial charge on any atom is 0.0741 e. The Morgan fingerprint density at radius 2 is 1.78 bits per heavy atom. The van der Waals surface area contributed by atoms with E-state index in [1.807, 2.05) is 0 Å². The van der Waals surface area contributed by atoms with Crippen LogP contribution in [0.15, 0.2) is 12.1 Å². The lowest BCUT2D eigenvalue weighted by atomic mass is 10.1. The molecule has 2 rings (SSSR count). The lowest BCUT2D eigenvalue weighted by molar-refractivity contribution is 0.144. The van der Waals surface area contributed by atoms with Crippen LogP contribution in [0.3, 0.4) is 0 Å². The van der Waals surface area contributed by atoms with Crippen LogP contribution in [0.4, 0.5) is 11.4 Å². The van der Waals surface area contributed by atoms with Crippen molar-refractivity contribution in [3.05, 3.63) is 22.2 Å². The molecule has 18 heavy (non-hydrogen) atoms. The number of rotatable bonds is 2. The summed E-state index contributed by atoms with van der Waals surface area (Å²) in [4.78, 5) is 0. The molecule has 1 aliphatic carbocycles. The van der Waals surface area contributed by atoms with E-state index in [-0.39, 0.29) is 12.1 Å². The van der Waals surface area contributed by atoms with Gasteiger partial charge in [-0.05, 0) is 25.0 Å². The zero-order valence-electron chi connectivity index (χ0n) is 10.1. The van der Waals surface area contributed by atoms with Gasteiger partial charge in [-0.25, -0.2) is 0 Å². The maximum atomic E-state index is 10.1. The zero-order chi connectivity index (χ0) is 13.1. The van der Waals surface area contributed by atoms with Gasteiger partial charge in [0.2, 0.25) is 0 Å². The van der Waals surface area contributed by atoms with Crippen LogP contribution >= 0.6 is 23.2 Å². The Balaban J connectivity index is 2.14.